The number of rotatable bonds is 8. The van der Waals surface area contributed by atoms with E-state index in [0.29, 0.717) is 30.4 Å². The highest BCUT2D eigenvalue weighted by Gasteiger charge is 2.29. The average Bonchev–Trinajstić information content (AvgIpc) is 3.22. The lowest BCUT2D eigenvalue weighted by Crippen LogP contribution is -2.37. The zero-order valence-electron chi connectivity index (χ0n) is 20.4. The summed E-state index contributed by atoms with van der Waals surface area (Å²) in [5, 5.41) is 9.13. The van der Waals surface area contributed by atoms with Crippen LogP contribution in [0.3, 0.4) is 0 Å². The number of carbonyl (C=O) groups is 1. The number of aliphatic carboxylic acids is 1. The normalized spacial score (nSPS) is 11.1. The number of benzene rings is 3. The molecule has 0 aliphatic heterocycles. The first-order valence-electron chi connectivity index (χ1n) is 11.5. The smallest absolute Gasteiger partial charge is 0.347 e. The fourth-order valence-electron chi connectivity index (χ4n) is 3.44. The zero-order valence-corrected chi connectivity index (χ0v) is 20.4. The molecule has 0 radical (unpaired) electrons. The molecule has 1 heterocycles. The van der Waals surface area contributed by atoms with E-state index in [1.54, 1.807) is 24.3 Å². The summed E-state index contributed by atoms with van der Waals surface area (Å²) in [5.41, 5.74) is 3.87. The van der Waals surface area contributed by atoms with Gasteiger partial charge in [0.2, 0.25) is 5.89 Å². The van der Waals surface area contributed by atoms with Crippen LogP contribution in [0.15, 0.2) is 77.2 Å². The molecule has 0 spiro atoms. The topological polar surface area (TPSA) is 81.8 Å². The standard InChI is InChI=1S/C24H23NO5.C6H4/c1-5-17-8-6-7-9-20(17)22-25-21(16(2)29-22)14-15-28-18-10-12-19(13-11-18)30-24(3,4)23(26)27;1-2-6-4-3-5(1)6/h1,6-13H,14-15H2,2-4H3,(H,26,27);1-4H. The Balaban J connectivity index is 0.000000434. The average molecular weight is 482 g/mol. The molecule has 2 aliphatic carbocycles. The van der Waals surface area contributed by atoms with Crippen molar-refractivity contribution in [1.29, 1.82) is 0 Å². The van der Waals surface area contributed by atoms with Crippen LogP contribution in [-0.2, 0) is 11.2 Å². The third-order valence-corrected chi connectivity index (χ3v) is 5.74. The van der Waals surface area contributed by atoms with Crippen LogP contribution in [-0.4, -0.2) is 28.3 Å². The van der Waals surface area contributed by atoms with Crippen LogP contribution >= 0.6 is 0 Å². The molecule has 6 heteroatoms. The molecule has 0 atom stereocenters. The van der Waals surface area contributed by atoms with Crippen LogP contribution in [0.1, 0.15) is 30.9 Å². The fourth-order valence-corrected chi connectivity index (χ4v) is 3.44. The van der Waals surface area contributed by atoms with Crippen molar-refractivity contribution in [3.05, 3.63) is 89.8 Å². The first-order chi connectivity index (χ1) is 17.3. The molecule has 182 valence electrons. The largest absolute Gasteiger partial charge is 0.493 e. The van der Waals surface area contributed by atoms with Crippen molar-refractivity contribution in [2.75, 3.05) is 6.61 Å². The Morgan fingerprint density at radius 1 is 1.00 bits per heavy atom. The van der Waals surface area contributed by atoms with Gasteiger partial charge in [-0.1, -0.05) is 42.3 Å². The van der Waals surface area contributed by atoms with Gasteiger partial charge in [0, 0.05) is 12.0 Å². The van der Waals surface area contributed by atoms with E-state index in [2.05, 4.69) is 35.2 Å². The number of carboxylic acid groups (broad SMARTS) is 1. The van der Waals surface area contributed by atoms with Crippen molar-refractivity contribution in [1.82, 2.24) is 4.98 Å². The van der Waals surface area contributed by atoms with Crippen molar-refractivity contribution in [2.24, 2.45) is 0 Å². The third kappa shape index (κ3) is 5.59. The van der Waals surface area contributed by atoms with Gasteiger partial charge in [0.25, 0.3) is 0 Å². The summed E-state index contributed by atoms with van der Waals surface area (Å²) in [6.45, 7) is 5.26. The van der Waals surface area contributed by atoms with Gasteiger partial charge in [-0.3, -0.25) is 0 Å². The second-order valence-corrected chi connectivity index (χ2v) is 8.78. The molecule has 1 aromatic heterocycles. The van der Waals surface area contributed by atoms with Crippen molar-refractivity contribution in [2.45, 2.75) is 32.8 Å². The van der Waals surface area contributed by atoms with Crippen molar-refractivity contribution < 1.29 is 23.8 Å². The zero-order chi connectivity index (χ0) is 25.7. The molecule has 0 amide bonds. The molecular weight excluding hydrogens is 454 g/mol. The fraction of sp³-hybridized carbons (Fsp3) is 0.200. The number of aromatic nitrogens is 1. The number of carboxylic acids is 1. The van der Waals surface area contributed by atoms with Gasteiger partial charge in [0.15, 0.2) is 5.60 Å². The molecule has 2 aromatic carbocycles. The third-order valence-electron chi connectivity index (χ3n) is 5.74. The van der Waals surface area contributed by atoms with Crippen molar-refractivity contribution in [3.8, 4) is 46.4 Å². The van der Waals surface area contributed by atoms with E-state index in [-0.39, 0.29) is 0 Å². The molecule has 3 aromatic rings. The molecule has 0 unspecified atom stereocenters. The SMILES string of the molecule is C#Cc1ccccc1-c1nc(CCOc2ccc(OC(C)(C)C(=O)O)cc2)c(C)o1.c1cc2ccc1-2. The summed E-state index contributed by atoms with van der Waals surface area (Å²) in [6.07, 6.45) is 6.13. The van der Waals surface area contributed by atoms with Crippen LogP contribution in [0.4, 0.5) is 0 Å². The molecule has 5 rings (SSSR count). The number of hydrogen-bond donors (Lipinski definition) is 1. The van der Waals surface area contributed by atoms with E-state index in [4.69, 9.17) is 25.4 Å². The van der Waals surface area contributed by atoms with E-state index in [0.717, 1.165) is 22.6 Å². The monoisotopic (exact) mass is 481 g/mol. The molecule has 0 saturated carbocycles. The maximum absolute atomic E-state index is 11.2. The number of ether oxygens (including phenoxy) is 2. The number of oxazole rings is 1. The van der Waals surface area contributed by atoms with Gasteiger partial charge in [-0.15, -0.1) is 6.42 Å². The predicted octanol–water partition coefficient (Wildman–Crippen LogP) is 6.16. The quantitative estimate of drug-likeness (QED) is 0.267. The highest BCUT2D eigenvalue weighted by molar-refractivity contribution is 5.77. The Bertz CT molecular complexity index is 1370. The number of nitrogens with zero attached hydrogens (tertiary/aromatic N) is 1. The van der Waals surface area contributed by atoms with Crippen LogP contribution < -0.4 is 9.47 Å². The maximum atomic E-state index is 11.2. The van der Waals surface area contributed by atoms with E-state index >= 15 is 0 Å². The second-order valence-electron chi connectivity index (χ2n) is 8.78. The van der Waals surface area contributed by atoms with Gasteiger partial charge in [-0.25, -0.2) is 9.78 Å². The Labute approximate surface area is 210 Å². The highest BCUT2D eigenvalue weighted by Crippen LogP contribution is 2.29. The minimum absolute atomic E-state index is 0.407. The lowest BCUT2D eigenvalue weighted by atomic mass is 9.95. The van der Waals surface area contributed by atoms with E-state index in [1.165, 1.54) is 25.0 Å². The van der Waals surface area contributed by atoms with Crippen molar-refractivity contribution >= 4 is 5.97 Å². The van der Waals surface area contributed by atoms with Crippen molar-refractivity contribution in [3.63, 3.8) is 0 Å². The maximum Gasteiger partial charge on any atom is 0.347 e. The predicted molar refractivity (Wildman–Crippen MR) is 138 cm³/mol. The Morgan fingerprint density at radius 2 is 1.61 bits per heavy atom. The summed E-state index contributed by atoms with van der Waals surface area (Å²) in [6, 6.07) is 22.8. The molecule has 1 N–H and O–H groups in total. The van der Waals surface area contributed by atoms with Gasteiger partial charge in [0.1, 0.15) is 17.3 Å². The van der Waals surface area contributed by atoms with Gasteiger partial charge in [-0.2, -0.15) is 0 Å². The van der Waals surface area contributed by atoms with Gasteiger partial charge >= 0.3 is 5.97 Å². The number of aryl methyl sites for hydroxylation is 1. The first kappa shape index (κ1) is 24.6. The second kappa shape index (κ2) is 10.4. The first-order valence-corrected chi connectivity index (χ1v) is 11.5. The molecule has 0 fully saturated rings. The Hall–Kier alpha value is -4.50. The summed E-state index contributed by atoms with van der Waals surface area (Å²) in [5.74, 6) is 3.94. The summed E-state index contributed by atoms with van der Waals surface area (Å²) >= 11 is 0. The molecule has 6 nitrogen and oxygen atoms in total. The van der Waals surface area contributed by atoms with Gasteiger partial charge in [-0.05, 0) is 68.3 Å². The minimum Gasteiger partial charge on any atom is -0.493 e. The van der Waals surface area contributed by atoms with E-state index < -0.39 is 11.6 Å². The van der Waals surface area contributed by atoms with E-state index in [1.807, 2.05) is 31.2 Å². The lowest BCUT2D eigenvalue weighted by Gasteiger charge is -2.21. The summed E-state index contributed by atoms with van der Waals surface area (Å²) in [4.78, 5) is 15.7. The molecule has 2 aliphatic rings. The summed E-state index contributed by atoms with van der Waals surface area (Å²) in [7, 11) is 0. The van der Waals surface area contributed by atoms with Crippen LogP contribution in [0.2, 0.25) is 0 Å². The molecule has 36 heavy (non-hydrogen) atoms. The van der Waals surface area contributed by atoms with Gasteiger partial charge < -0.3 is 19.0 Å². The molecular formula is C30H27NO5. The van der Waals surface area contributed by atoms with Crippen LogP contribution in [0.5, 0.6) is 11.5 Å². The highest BCUT2D eigenvalue weighted by atomic mass is 16.5. The number of terminal acetylenes is 1. The molecule has 0 bridgehead atoms. The Kier molecular flexibility index (Phi) is 7.12. The lowest BCUT2D eigenvalue weighted by molar-refractivity contribution is -0.152. The van der Waals surface area contributed by atoms with Crippen LogP contribution in [0.25, 0.3) is 22.6 Å². The summed E-state index contributed by atoms with van der Waals surface area (Å²) < 4.78 is 17.1. The van der Waals surface area contributed by atoms with Gasteiger partial charge in [0.05, 0.1) is 17.9 Å². The number of fused-ring (bicyclic) bond motifs is 1. The number of hydrogen-bond acceptors (Lipinski definition) is 5. The van der Waals surface area contributed by atoms with E-state index in [9.17, 15) is 4.79 Å². The molecule has 0 saturated heterocycles. The van der Waals surface area contributed by atoms with Crippen LogP contribution in [0, 0.1) is 19.3 Å². The Morgan fingerprint density at radius 3 is 2.17 bits per heavy atom. The minimum atomic E-state index is -1.30.